The monoisotopic (exact) mass is 437 g/mol. The normalized spacial score (nSPS) is 18.6. The number of benzene rings is 1. The Kier molecular flexibility index (Phi) is 5.11. The van der Waals surface area contributed by atoms with Crippen molar-refractivity contribution in [1.82, 2.24) is 25.3 Å². The summed E-state index contributed by atoms with van der Waals surface area (Å²) in [5, 5.41) is 3.49. The first-order valence-electron chi connectivity index (χ1n) is 11.7. The Morgan fingerprint density at radius 3 is 2.73 bits per heavy atom. The average Bonchev–Trinajstić information content (AvgIpc) is 3.24. The second-order valence-electron chi connectivity index (χ2n) is 8.82. The van der Waals surface area contributed by atoms with E-state index >= 15 is 0 Å². The van der Waals surface area contributed by atoms with Crippen LogP contribution >= 0.6 is 0 Å². The van der Waals surface area contributed by atoms with Crippen molar-refractivity contribution in [3.8, 4) is 11.1 Å². The van der Waals surface area contributed by atoms with Gasteiger partial charge in [-0.15, -0.1) is 0 Å². The SMILES string of the molecule is CC1NCN=C(c2nc3c(N4CCCCC4)cncc3[nH]2)c2cc(-c3cccnc3)ccc21. The van der Waals surface area contributed by atoms with Crippen LogP contribution in [-0.4, -0.2) is 45.4 Å². The van der Waals surface area contributed by atoms with Crippen LogP contribution in [0.15, 0.2) is 60.1 Å². The van der Waals surface area contributed by atoms with Gasteiger partial charge in [-0.25, -0.2) is 4.98 Å². The molecule has 0 radical (unpaired) electrons. The third-order valence-corrected chi connectivity index (χ3v) is 6.70. The molecule has 1 aromatic carbocycles. The van der Waals surface area contributed by atoms with Gasteiger partial charge >= 0.3 is 0 Å². The number of hydrogen-bond acceptors (Lipinski definition) is 6. The van der Waals surface area contributed by atoms with E-state index in [0.29, 0.717) is 6.67 Å². The van der Waals surface area contributed by atoms with Gasteiger partial charge < -0.3 is 9.88 Å². The van der Waals surface area contributed by atoms with Gasteiger partial charge in [-0.3, -0.25) is 20.3 Å². The van der Waals surface area contributed by atoms with Gasteiger partial charge in [0.25, 0.3) is 0 Å². The minimum absolute atomic E-state index is 0.194. The number of hydrogen-bond donors (Lipinski definition) is 2. The maximum atomic E-state index is 5.07. The van der Waals surface area contributed by atoms with Crippen molar-refractivity contribution in [1.29, 1.82) is 0 Å². The van der Waals surface area contributed by atoms with Crippen LogP contribution < -0.4 is 10.2 Å². The number of nitrogens with one attached hydrogen (secondary N) is 2. The Labute approximate surface area is 193 Å². The summed E-state index contributed by atoms with van der Waals surface area (Å²) in [6.07, 6.45) is 11.2. The maximum Gasteiger partial charge on any atom is 0.157 e. The molecular formula is C26H27N7. The predicted octanol–water partition coefficient (Wildman–Crippen LogP) is 4.47. The fourth-order valence-electron chi connectivity index (χ4n) is 4.91. The molecule has 0 spiro atoms. The highest BCUT2D eigenvalue weighted by Gasteiger charge is 2.23. The molecule has 33 heavy (non-hydrogen) atoms. The van der Waals surface area contributed by atoms with Crippen molar-refractivity contribution in [2.24, 2.45) is 4.99 Å². The molecule has 0 bridgehead atoms. The minimum atomic E-state index is 0.194. The zero-order valence-corrected chi connectivity index (χ0v) is 18.8. The molecular weight excluding hydrogens is 410 g/mol. The molecule has 0 aliphatic carbocycles. The topological polar surface area (TPSA) is 82.1 Å². The highest BCUT2D eigenvalue weighted by atomic mass is 15.2. The van der Waals surface area contributed by atoms with E-state index in [2.05, 4.69) is 56.4 Å². The van der Waals surface area contributed by atoms with Crippen LogP contribution in [0.2, 0.25) is 0 Å². The fourth-order valence-corrected chi connectivity index (χ4v) is 4.91. The van der Waals surface area contributed by atoms with Gasteiger partial charge in [0.2, 0.25) is 0 Å². The first kappa shape index (κ1) is 20.1. The molecule has 7 nitrogen and oxygen atoms in total. The molecule has 4 aromatic rings. The molecule has 7 heteroatoms. The first-order valence-corrected chi connectivity index (χ1v) is 11.7. The second kappa shape index (κ2) is 8.41. The van der Waals surface area contributed by atoms with Crippen molar-refractivity contribution in [3.63, 3.8) is 0 Å². The summed E-state index contributed by atoms with van der Waals surface area (Å²) in [7, 11) is 0. The van der Waals surface area contributed by atoms with Crippen molar-refractivity contribution < 1.29 is 0 Å². The average molecular weight is 438 g/mol. The van der Waals surface area contributed by atoms with E-state index in [1.54, 1.807) is 6.20 Å². The zero-order chi connectivity index (χ0) is 22.2. The van der Waals surface area contributed by atoms with E-state index < -0.39 is 0 Å². The van der Waals surface area contributed by atoms with Gasteiger partial charge in [-0.2, -0.15) is 0 Å². The number of piperidine rings is 1. The first-order chi connectivity index (χ1) is 16.3. The van der Waals surface area contributed by atoms with E-state index in [1.165, 1.54) is 24.8 Å². The highest BCUT2D eigenvalue weighted by molar-refractivity contribution is 6.14. The quantitative estimate of drug-likeness (QED) is 0.494. The number of aromatic nitrogens is 4. The number of fused-ring (bicyclic) bond motifs is 2. The summed E-state index contributed by atoms with van der Waals surface area (Å²) in [5.41, 5.74) is 8.44. The van der Waals surface area contributed by atoms with Crippen LogP contribution in [0.4, 0.5) is 5.69 Å². The Bertz CT molecular complexity index is 1320. The molecule has 1 saturated heterocycles. The number of H-pyrrole nitrogens is 1. The van der Waals surface area contributed by atoms with Gasteiger partial charge in [-0.05, 0) is 49.4 Å². The van der Waals surface area contributed by atoms with Gasteiger partial charge in [0.1, 0.15) is 11.2 Å². The van der Waals surface area contributed by atoms with Crippen LogP contribution in [0, 0.1) is 0 Å². The van der Waals surface area contributed by atoms with Crippen molar-refractivity contribution in [2.45, 2.75) is 32.2 Å². The van der Waals surface area contributed by atoms with E-state index in [1.807, 2.05) is 24.7 Å². The van der Waals surface area contributed by atoms with Gasteiger partial charge in [0, 0.05) is 42.7 Å². The molecule has 2 aliphatic rings. The van der Waals surface area contributed by atoms with Crippen LogP contribution in [-0.2, 0) is 0 Å². The number of imidazole rings is 1. The van der Waals surface area contributed by atoms with Crippen LogP contribution in [0.25, 0.3) is 22.2 Å². The minimum Gasteiger partial charge on any atom is -0.368 e. The Morgan fingerprint density at radius 1 is 0.970 bits per heavy atom. The molecule has 1 atom stereocenters. The number of rotatable bonds is 3. The predicted molar refractivity (Wildman–Crippen MR) is 132 cm³/mol. The molecule has 5 heterocycles. The molecule has 0 amide bonds. The number of anilines is 1. The number of aromatic amines is 1. The van der Waals surface area contributed by atoms with E-state index in [-0.39, 0.29) is 6.04 Å². The lowest BCUT2D eigenvalue weighted by atomic mass is 9.93. The van der Waals surface area contributed by atoms with Gasteiger partial charge in [0.05, 0.1) is 30.3 Å². The lowest BCUT2D eigenvalue weighted by Gasteiger charge is -2.28. The molecule has 1 unspecified atom stereocenters. The summed E-state index contributed by atoms with van der Waals surface area (Å²) in [5.74, 6) is 0.789. The molecule has 166 valence electrons. The largest absolute Gasteiger partial charge is 0.368 e. The van der Waals surface area contributed by atoms with Crippen molar-refractivity contribution >= 4 is 22.4 Å². The summed E-state index contributed by atoms with van der Waals surface area (Å²) < 4.78 is 0. The molecule has 0 saturated carbocycles. The second-order valence-corrected chi connectivity index (χ2v) is 8.82. The van der Waals surface area contributed by atoms with Gasteiger partial charge in [-0.1, -0.05) is 18.2 Å². The summed E-state index contributed by atoms with van der Waals surface area (Å²) in [6.45, 7) is 4.84. The van der Waals surface area contributed by atoms with Crippen LogP contribution in [0.5, 0.6) is 0 Å². The fraction of sp³-hybridized carbons (Fsp3) is 0.308. The molecule has 1 fully saturated rings. The molecule has 2 N–H and O–H groups in total. The van der Waals surface area contributed by atoms with E-state index in [4.69, 9.17) is 9.98 Å². The number of nitrogens with zero attached hydrogens (tertiary/aromatic N) is 5. The molecule has 6 rings (SSSR count). The highest BCUT2D eigenvalue weighted by Crippen LogP contribution is 2.31. The smallest absolute Gasteiger partial charge is 0.157 e. The molecule has 2 aliphatic heterocycles. The van der Waals surface area contributed by atoms with Crippen LogP contribution in [0.1, 0.15) is 49.2 Å². The van der Waals surface area contributed by atoms with Gasteiger partial charge in [0.15, 0.2) is 5.82 Å². The van der Waals surface area contributed by atoms with Crippen molar-refractivity contribution in [3.05, 3.63) is 72.1 Å². The van der Waals surface area contributed by atoms with E-state index in [9.17, 15) is 0 Å². The Hall–Kier alpha value is -3.58. The summed E-state index contributed by atoms with van der Waals surface area (Å²) >= 11 is 0. The molecule has 3 aromatic heterocycles. The summed E-state index contributed by atoms with van der Waals surface area (Å²) in [6, 6.07) is 10.8. The third kappa shape index (κ3) is 3.68. The number of pyridine rings is 2. The zero-order valence-electron chi connectivity index (χ0n) is 18.8. The van der Waals surface area contributed by atoms with Crippen molar-refractivity contribution in [2.75, 3.05) is 24.7 Å². The lowest BCUT2D eigenvalue weighted by Crippen LogP contribution is -2.29. The lowest BCUT2D eigenvalue weighted by molar-refractivity contribution is 0.578. The van der Waals surface area contributed by atoms with Crippen LogP contribution in [0.3, 0.4) is 0 Å². The third-order valence-electron chi connectivity index (χ3n) is 6.70. The maximum absolute atomic E-state index is 5.07. The Balaban J connectivity index is 1.47. The number of aliphatic imine (C=N–C) groups is 1. The Morgan fingerprint density at radius 2 is 1.88 bits per heavy atom. The standard InChI is InChI=1S/C26H27N7/c1-17-20-8-7-18(19-6-5-9-27-13-19)12-21(20)24(30-16-29-17)26-31-22-14-28-15-23(25(22)32-26)33-10-3-2-4-11-33/h5-9,12-15,17,29H,2-4,10-11,16H2,1H3,(H,31,32). The summed E-state index contributed by atoms with van der Waals surface area (Å²) in [4.78, 5) is 24.7. The van der Waals surface area contributed by atoms with E-state index in [0.717, 1.165) is 58.0 Å².